The molecule has 2 heterocycles. The van der Waals surface area contributed by atoms with Gasteiger partial charge >= 0.3 is 12.1 Å². The lowest BCUT2D eigenvalue weighted by atomic mass is 10.1. The molecule has 0 saturated carbocycles. The number of anilines is 1. The highest BCUT2D eigenvalue weighted by atomic mass is 19.4. The average Bonchev–Trinajstić information content (AvgIpc) is 3.16. The minimum atomic E-state index is -4.84. The minimum Gasteiger partial charge on any atom is -0.465 e. The molecule has 0 unspecified atom stereocenters. The first-order valence-electron chi connectivity index (χ1n) is 7.94. The van der Waals surface area contributed by atoms with Gasteiger partial charge in [-0.3, -0.25) is 0 Å². The largest absolute Gasteiger partial charge is 0.465 e. The lowest BCUT2D eigenvalue weighted by molar-refractivity contribution is -0.139. The molecule has 8 nitrogen and oxygen atoms in total. The first-order chi connectivity index (χ1) is 13.7. The molecule has 0 aliphatic carbocycles. The van der Waals surface area contributed by atoms with E-state index in [1.165, 1.54) is 17.2 Å². The SMILES string of the molecule is COC(=O)c1cc(Oc2ncc(Cn3nccn3)cc2C(F)(F)F)c(F)cc1N. The summed E-state index contributed by atoms with van der Waals surface area (Å²) < 4.78 is 64.2. The van der Waals surface area contributed by atoms with Gasteiger partial charge in [-0.1, -0.05) is 0 Å². The van der Waals surface area contributed by atoms with Gasteiger partial charge in [-0.25, -0.2) is 14.2 Å². The summed E-state index contributed by atoms with van der Waals surface area (Å²) in [6.45, 7) is -0.0634. The Balaban J connectivity index is 1.99. The van der Waals surface area contributed by atoms with Crippen LogP contribution in [-0.4, -0.2) is 33.1 Å². The van der Waals surface area contributed by atoms with Crippen molar-refractivity contribution in [2.24, 2.45) is 0 Å². The molecule has 0 saturated heterocycles. The quantitative estimate of drug-likeness (QED) is 0.391. The van der Waals surface area contributed by atoms with Crippen molar-refractivity contribution in [3.05, 3.63) is 59.3 Å². The number of halogens is 4. The Morgan fingerprint density at radius 2 is 1.90 bits per heavy atom. The number of nitrogens with two attached hydrogens (primary N) is 1. The van der Waals surface area contributed by atoms with Crippen LogP contribution in [-0.2, 0) is 17.5 Å². The topological polar surface area (TPSA) is 105 Å². The van der Waals surface area contributed by atoms with Gasteiger partial charge in [0, 0.05) is 24.0 Å². The van der Waals surface area contributed by atoms with Crippen LogP contribution in [0.5, 0.6) is 11.6 Å². The lowest BCUT2D eigenvalue weighted by Gasteiger charge is -2.15. The molecular formula is C17H13F4N5O3. The molecule has 0 bridgehead atoms. The Kier molecular flexibility index (Phi) is 5.35. The number of carbonyl (C=O) groups excluding carboxylic acids is 1. The first kappa shape index (κ1) is 20.0. The van der Waals surface area contributed by atoms with E-state index in [0.29, 0.717) is 0 Å². The van der Waals surface area contributed by atoms with Crippen LogP contribution in [0.1, 0.15) is 21.5 Å². The summed E-state index contributed by atoms with van der Waals surface area (Å²) in [5.74, 6) is -3.54. The Hall–Kier alpha value is -3.70. The maximum atomic E-state index is 14.2. The van der Waals surface area contributed by atoms with Gasteiger partial charge in [0.15, 0.2) is 11.6 Å². The second-order valence-electron chi connectivity index (χ2n) is 5.72. The maximum absolute atomic E-state index is 14.2. The first-order valence-corrected chi connectivity index (χ1v) is 7.94. The molecule has 0 aliphatic rings. The number of pyridine rings is 1. The van der Waals surface area contributed by atoms with E-state index in [2.05, 4.69) is 19.9 Å². The lowest BCUT2D eigenvalue weighted by Crippen LogP contribution is -2.12. The van der Waals surface area contributed by atoms with Crippen molar-refractivity contribution in [3.63, 3.8) is 0 Å². The van der Waals surface area contributed by atoms with Gasteiger partial charge < -0.3 is 15.2 Å². The fraction of sp³-hybridized carbons (Fsp3) is 0.176. The van der Waals surface area contributed by atoms with Gasteiger partial charge in [-0.15, -0.1) is 0 Å². The number of benzene rings is 1. The fourth-order valence-corrected chi connectivity index (χ4v) is 2.39. The predicted molar refractivity (Wildman–Crippen MR) is 90.6 cm³/mol. The number of ether oxygens (including phenoxy) is 2. The molecule has 152 valence electrons. The van der Waals surface area contributed by atoms with Gasteiger partial charge in [0.05, 0.1) is 31.6 Å². The Labute approximate surface area is 160 Å². The molecule has 2 aromatic heterocycles. The van der Waals surface area contributed by atoms with Crippen molar-refractivity contribution in [1.29, 1.82) is 0 Å². The molecule has 12 heteroatoms. The zero-order valence-electron chi connectivity index (χ0n) is 14.8. The molecule has 0 spiro atoms. The molecule has 0 radical (unpaired) electrons. The van der Waals surface area contributed by atoms with Crippen molar-refractivity contribution >= 4 is 11.7 Å². The molecule has 3 rings (SSSR count). The van der Waals surface area contributed by atoms with Crippen molar-refractivity contribution in [1.82, 2.24) is 20.0 Å². The number of rotatable bonds is 5. The molecule has 1 aromatic carbocycles. The number of aromatic nitrogens is 4. The van der Waals surface area contributed by atoms with E-state index in [4.69, 9.17) is 10.5 Å². The number of nitrogen functional groups attached to an aromatic ring is 1. The van der Waals surface area contributed by atoms with Crippen LogP contribution in [0.25, 0.3) is 0 Å². The molecule has 0 fully saturated rings. The van der Waals surface area contributed by atoms with Gasteiger partial charge in [0.1, 0.15) is 5.56 Å². The smallest absolute Gasteiger partial charge is 0.421 e. The van der Waals surface area contributed by atoms with Crippen LogP contribution in [0.2, 0.25) is 0 Å². The monoisotopic (exact) mass is 411 g/mol. The zero-order valence-corrected chi connectivity index (χ0v) is 14.8. The summed E-state index contributed by atoms with van der Waals surface area (Å²) in [6, 6.07) is 2.38. The third-order valence-corrected chi connectivity index (χ3v) is 3.72. The highest BCUT2D eigenvalue weighted by Gasteiger charge is 2.36. The van der Waals surface area contributed by atoms with E-state index in [-0.39, 0.29) is 23.4 Å². The van der Waals surface area contributed by atoms with Crippen LogP contribution in [0.4, 0.5) is 23.2 Å². The number of hydrogen-bond acceptors (Lipinski definition) is 7. The van der Waals surface area contributed by atoms with Gasteiger partial charge in [-0.2, -0.15) is 28.2 Å². The third kappa shape index (κ3) is 4.42. The summed E-state index contributed by atoms with van der Waals surface area (Å²) in [7, 11) is 1.07. The number of methoxy groups -OCH3 is 1. The molecule has 0 atom stereocenters. The summed E-state index contributed by atoms with van der Waals surface area (Å²) in [5, 5.41) is 7.62. The molecule has 0 aliphatic heterocycles. The van der Waals surface area contributed by atoms with Crippen LogP contribution in [0.3, 0.4) is 0 Å². The second kappa shape index (κ2) is 7.73. The van der Waals surface area contributed by atoms with Crippen LogP contribution in [0.15, 0.2) is 36.8 Å². The number of nitrogens with zero attached hydrogens (tertiary/aromatic N) is 4. The molecule has 3 aromatic rings. The fourth-order valence-electron chi connectivity index (χ4n) is 2.39. The van der Waals surface area contributed by atoms with Gasteiger partial charge in [0.2, 0.25) is 5.88 Å². The predicted octanol–water partition coefficient (Wildman–Crippen LogP) is 3.04. The average molecular weight is 411 g/mol. The number of hydrogen-bond donors (Lipinski definition) is 1. The van der Waals surface area contributed by atoms with Gasteiger partial charge in [0.25, 0.3) is 0 Å². The van der Waals surface area contributed by atoms with Gasteiger partial charge in [-0.05, 0) is 11.6 Å². The minimum absolute atomic E-state index is 0.0634. The summed E-state index contributed by atoms with van der Waals surface area (Å²) in [5.41, 5.74) is 3.92. The normalized spacial score (nSPS) is 11.3. The van der Waals surface area contributed by atoms with Crippen molar-refractivity contribution in [3.8, 4) is 11.6 Å². The Morgan fingerprint density at radius 3 is 2.52 bits per heavy atom. The summed E-state index contributed by atoms with van der Waals surface area (Å²) >= 11 is 0. The molecule has 29 heavy (non-hydrogen) atoms. The highest BCUT2D eigenvalue weighted by Crippen LogP contribution is 2.38. The van der Waals surface area contributed by atoms with E-state index in [1.807, 2.05) is 0 Å². The maximum Gasteiger partial charge on any atom is 0.421 e. The Bertz CT molecular complexity index is 1040. The van der Waals surface area contributed by atoms with Crippen molar-refractivity contribution < 1.29 is 31.8 Å². The van der Waals surface area contributed by atoms with Crippen LogP contribution < -0.4 is 10.5 Å². The molecule has 2 N–H and O–H groups in total. The standard InChI is InChI=1S/C17H13F4N5O3/c1-28-16(27)10-5-14(12(18)6-13(10)22)29-15-11(17(19,20)21)4-9(7-23-15)8-26-24-2-3-25-26/h2-7H,8,22H2,1H3. The zero-order chi connectivity index (χ0) is 21.2. The molecular weight excluding hydrogens is 398 g/mol. The second-order valence-corrected chi connectivity index (χ2v) is 5.72. The van der Waals surface area contributed by atoms with Crippen molar-refractivity contribution in [2.75, 3.05) is 12.8 Å². The molecule has 0 amide bonds. The summed E-state index contributed by atoms with van der Waals surface area (Å²) in [4.78, 5) is 16.5. The van der Waals surface area contributed by atoms with E-state index in [0.717, 1.165) is 31.5 Å². The van der Waals surface area contributed by atoms with Crippen LogP contribution >= 0.6 is 0 Å². The van der Waals surface area contributed by atoms with Crippen LogP contribution in [0, 0.1) is 5.82 Å². The number of esters is 1. The van der Waals surface area contributed by atoms with E-state index < -0.39 is 35.2 Å². The highest BCUT2D eigenvalue weighted by molar-refractivity contribution is 5.95. The summed E-state index contributed by atoms with van der Waals surface area (Å²) in [6.07, 6.45) is -0.980. The van der Waals surface area contributed by atoms with Crippen molar-refractivity contribution in [2.45, 2.75) is 12.7 Å². The number of carbonyl (C=O) groups is 1. The van der Waals surface area contributed by atoms with E-state index in [1.54, 1.807) is 0 Å². The van der Waals surface area contributed by atoms with E-state index >= 15 is 0 Å². The number of alkyl halides is 3. The van der Waals surface area contributed by atoms with E-state index in [9.17, 15) is 22.4 Å². The Morgan fingerprint density at radius 1 is 1.21 bits per heavy atom. The third-order valence-electron chi connectivity index (χ3n) is 3.72.